The Balaban J connectivity index is 2.04. The highest BCUT2D eigenvalue weighted by atomic mass is 16.5. The molecule has 0 aromatic heterocycles. The summed E-state index contributed by atoms with van der Waals surface area (Å²) in [5.41, 5.74) is 0. The van der Waals surface area contributed by atoms with E-state index in [4.69, 9.17) is 14.6 Å². The number of amides is 1. The van der Waals surface area contributed by atoms with Gasteiger partial charge in [-0.25, -0.2) is 0 Å². The monoisotopic (exact) mass is 271 g/mol. The van der Waals surface area contributed by atoms with Gasteiger partial charge in [0, 0.05) is 13.7 Å². The van der Waals surface area contributed by atoms with Gasteiger partial charge in [0.25, 0.3) is 0 Å². The highest BCUT2D eigenvalue weighted by molar-refractivity contribution is 5.81. The lowest BCUT2D eigenvalue weighted by molar-refractivity contribution is -0.146. The topological polar surface area (TPSA) is 76.1 Å². The molecule has 2 aliphatic heterocycles. The lowest BCUT2D eigenvalue weighted by atomic mass is 9.95. The van der Waals surface area contributed by atoms with Crippen LogP contribution >= 0.6 is 0 Å². The third kappa shape index (κ3) is 2.74. The van der Waals surface area contributed by atoms with E-state index < -0.39 is 11.9 Å². The number of likely N-dealkylation sites (N-methyl/N-ethyl adjacent to an activating group) is 1. The quantitative estimate of drug-likeness (QED) is 0.799. The Hall–Kier alpha value is -1.14. The molecule has 6 heteroatoms. The minimum absolute atomic E-state index is 0.0221. The summed E-state index contributed by atoms with van der Waals surface area (Å²) in [7, 11) is 1.67. The number of hydrogen-bond acceptors (Lipinski definition) is 4. The van der Waals surface area contributed by atoms with Gasteiger partial charge in [0.05, 0.1) is 31.3 Å². The van der Waals surface area contributed by atoms with Crippen LogP contribution < -0.4 is 0 Å². The van der Waals surface area contributed by atoms with Gasteiger partial charge >= 0.3 is 5.97 Å². The van der Waals surface area contributed by atoms with Gasteiger partial charge in [-0.05, 0) is 12.8 Å². The van der Waals surface area contributed by atoms with Crippen LogP contribution in [0.15, 0.2) is 0 Å². The van der Waals surface area contributed by atoms with Crippen molar-refractivity contribution in [2.24, 2.45) is 11.8 Å². The first kappa shape index (κ1) is 14.3. The second-order valence-corrected chi connectivity index (χ2v) is 5.21. The van der Waals surface area contributed by atoms with E-state index in [1.54, 1.807) is 11.9 Å². The summed E-state index contributed by atoms with van der Waals surface area (Å²) in [6.45, 7) is 3.07. The second-order valence-electron chi connectivity index (χ2n) is 5.21. The number of carbonyl (C=O) groups is 2. The van der Waals surface area contributed by atoms with E-state index in [1.165, 1.54) is 0 Å². The van der Waals surface area contributed by atoms with Gasteiger partial charge in [-0.1, -0.05) is 6.92 Å². The number of nitrogens with zero attached hydrogens (tertiary/aromatic N) is 1. The van der Waals surface area contributed by atoms with Crippen LogP contribution in [-0.2, 0) is 19.1 Å². The van der Waals surface area contributed by atoms with Crippen LogP contribution in [0.25, 0.3) is 0 Å². The molecule has 2 saturated heterocycles. The molecule has 2 rings (SSSR count). The lowest BCUT2D eigenvalue weighted by Gasteiger charge is -2.30. The van der Waals surface area contributed by atoms with Crippen LogP contribution in [0.2, 0.25) is 0 Å². The normalized spacial score (nSPS) is 34.4. The van der Waals surface area contributed by atoms with Gasteiger partial charge in [0.1, 0.15) is 5.92 Å². The van der Waals surface area contributed by atoms with Crippen molar-refractivity contribution >= 4 is 11.9 Å². The number of carboxylic acid groups (broad SMARTS) is 1. The van der Waals surface area contributed by atoms with Crippen molar-refractivity contribution in [2.45, 2.75) is 31.9 Å². The Kier molecular flexibility index (Phi) is 4.42. The van der Waals surface area contributed by atoms with Crippen LogP contribution in [0.1, 0.15) is 19.8 Å². The zero-order chi connectivity index (χ0) is 14.0. The van der Waals surface area contributed by atoms with Crippen molar-refractivity contribution in [1.82, 2.24) is 4.90 Å². The first-order chi connectivity index (χ1) is 9.06. The summed E-state index contributed by atoms with van der Waals surface area (Å²) in [6, 6.07) is -0.372. The average molecular weight is 271 g/mol. The van der Waals surface area contributed by atoms with Crippen molar-refractivity contribution in [3.05, 3.63) is 0 Å². The molecule has 0 radical (unpaired) electrons. The molecule has 2 aliphatic rings. The van der Waals surface area contributed by atoms with Gasteiger partial charge < -0.3 is 19.5 Å². The number of carbonyl (C=O) groups excluding carboxylic acids is 1. The molecule has 4 unspecified atom stereocenters. The minimum Gasteiger partial charge on any atom is -0.481 e. The average Bonchev–Trinajstić information content (AvgIpc) is 3.04. The van der Waals surface area contributed by atoms with E-state index in [-0.39, 0.29) is 30.6 Å². The van der Waals surface area contributed by atoms with E-state index in [0.717, 1.165) is 6.42 Å². The SMILES string of the molecule is CCC1OCCC1C(=O)N(C)C1COCC1C(=O)O. The van der Waals surface area contributed by atoms with E-state index in [9.17, 15) is 9.59 Å². The Labute approximate surface area is 112 Å². The Morgan fingerprint density at radius 1 is 1.32 bits per heavy atom. The zero-order valence-electron chi connectivity index (χ0n) is 11.4. The highest BCUT2D eigenvalue weighted by Crippen LogP contribution is 2.28. The second kappa shape index (κ2) is 5.88. The van der Waals surface area contributed by atoms with Crippen LogP contribution in [0.4, 0.5) is 0 Å². The van der Waals surface area contributed by atoms with Crippen molar-refractivity contribution in [2.75, 3.05) is 26.9 Å². The van der Waals surface area contributed by atoms with E-state index in [2.05, 4.69) is 0 Å². The molecule has 0 saturated carbocycles. The first-order valence-electron chi connectivity index (χ1n) is 6.75. The van der Waals surface area contributed by atoms with Gasteiger partial charge in [-0.2, -0.15) is 0 Å². The molecule has 0 aromatic carbocycles. The minimum atomic E-state index is -0.906. The molecule has 0 aliphatic carbocycles. The largest absolute Gasteiger partial charge is 0.481 e. The predicted octanol–water partition coefficient (Wildman–Crippen LogP) is 0.360. The highest BCUT2D eigenvalue weighted by Gasteiger charge is 2.42. The van der Waals surface area contributed by atoms with Crippen LogP contribution in [0, 0.1) is 11.8 Å². The fraction of sp³-hybridized carbons (Fsp3) is 0.846. The Bertz CT molecular complexity index is 359. The Morgan fingerprint density at radius 3 is 2.68 bits per heavy atom. The summed E-state index contributed by atoms with van der Waals surface area (Å²) in [6.07, 6.45) is 1.47. The van der Waals surface area contributed by atoms with E-state index in [0.29, 0.717) is 19.6 Å². The van der Waals surface area contributed by atoms with Crippen LogP contribution in [0.5, 0.6) is 0 Å². The molecule has 0 spiro atoms. The molecule has 0 aromatic rings. The number of carboxylic acids is 1. The van der Waals surface area contributed by atoms with Gasteiger partial charge in [-0.3, -0.25) is 9.59 Å². The summed E-state index contributed by atoms with van der Waals surface area (Å²) in [5, 5.41) is 9.14. The van der Waals surface area contributed by atoms with Gasteiger partial charge in [0.2, 0.25) is 5.91 Å². The van der Waals surface area contributed by atoms with E-state index >= 15 is 0 Å². The van der Waals surface area contributed by atoms with Crippen molar-refractivity contribution in [3.8, 4) is 0 Å². The summed E-state index contributed by atoms with van der Waals surface area (Å²) >= 11 is 0. The smallest absolute Gasteiger partial charge is 0.311 e. The maximum absolute atomic E-state index is 12.5. The summed E-state index contributed by atoms with van der Waals surface area (Å²) < 4.78 is 10.7. The molecule has 108 valence electrons. The number of hydrogen-bond donors (Lipinski definition) is 1. The molecule has 0 bridgehead atoms. The van der Waals surface area contributed by atoms with Gasteiger partial charge in [0.15, 0.2) is 0 Å². The fourth-order valence-electron chi connectivity index (χ4n) is 2.92. The molecule has 2 heterocycles. The maximum Gasteiger partial charge on any atom is 0.311 e. The van der Waals surface area contributed by atoms with Crippen LogP contribution in [0.3, 0.4) is 0 Å². The molecular formula is C13H21NO5. The van der Waals surface area contributed by atoms with Crippen molar-refractivity contribution < 1.29 is 24.2 Å². The fourth-order valence-corrected chi connectivity index (χ4v) is 2.92. The van der Waals surface area contributed by atoms with Crippen molar-refractivity contribution in [3.63, 3.8) is 0 Å². The molecule has 6 nitrogen and oxygen atoms in total. The molecule has 4 atom stereocenters. The molecule has 2 fully saturated rings. The molecule has 19 heavy (non-hydrogen) atoms. The number of aliphatic carboxylic acids is 1. The third-order valence-corrected chi connectivity index (χ3v) is 4.14. The first-order valence-corrected chi connectivity index (χ1v) is 6.75. The van der Waals surface area contributed by atoms with Gasteiger partial charge in [-0.15, -0.1) is 0 Å². The summed E-state index contributed by atoms with van der Waals surface area (Å²) in [5.74, 6) is -1.70. The van der Waals surface area contributed by atoms with Crippen LogP contribution in [-0.4, -0.2) is 60.9 Å². The third-order valence-electron chi connectivity index (χ3n) is 4.14. The number of ether oxygens (including phenoxy) is 2. The molecule has 1 N–H and O–H groups in total. The lowest BCUT2D eigenvalue weighted by Crippen LogP contribution is -2.47. The maximum atomic E-state index is 12.5. The van der Waals surface area contributed by atoms with Crippen molar-refractivity contribution in [1.29, 1.82) is 0 Å². The predicted molar refractivity (Wildman–Crippen MR) is 66.6 cm³/mol. The Morgan fingerprint density at radius 2 is 2.05 bits per heavy atom. The standard InChI is InChI=1S/C13H21NO5/c1-3-11-8(4-5-19-11)12(15)14(2)10-7-18-6-9(10)13(16)17/h8-11H,3-7H2,1-2H3,(H,16,17). The number of rotatable bonds is 4. The molecule has 1 amide bonds. The summed E-state index contributed by atoms with van der Waals surface area (Å²) in [4.78, 5) is 25.2. The zero-order valence-corrected chi connectivity index (χ0v) is 11.4. The molecular weight excluding hydrogens is 250 g/mol. The van der Waals surface area contributed by atoms with E-state index in [1.807, 2.05) is 6.92 Å².